The van der Waals surface area contributed by atoms with Crippen LogP contribution in [0.1, 0.15) is 77.6 Å². The lowest BCUT2D eigenvalue weighted by Gasteiger charge is -2.54. The van der Waals surface area contributed by atoms with Gasteiger partial charge in [-0.1, -0.05) is 26.2 Å². The highest BCUT2D eigenvalue weighted by atomic mass is 15.0. The molecule has 3 aliphatic carbocycles. The molecule has 1 atom stereocenters. The second-order valence-corrected chi connectivity index (χ2v) is 7.14. The molecule has 1 unspecified atom stereocenters. The molecule has 3 aliphatic rings. The molecule has 17 heavy (non-hydrogen) atoms. The highest BCUT2D eigenvalue weighted by Crippen LogP contribution is 2.52. The Labute approximate surface area is 107 Å². The zero-order valence-electron chi connectivity index (χ0n) is 11.5. The molecule has 0 aromatic carbocycles. The number of nitrogens with one attached hydrogen (secondary N) is 1. The summed E-state index contributed by atoms with van der Waals surface area (Å²) in [5.41, 5.74) is 0.751. The van der Waals surface area contributed by atoms with Crippen molar-refractivity contribution in [2.75, 3.05) is 0 Å². The van der Waals surface area contributed by atoms with E-state index in [0.717, 1.165) is 23.4 Å². The van der Waals surface area contributed by atoms with E-state index in [1.165, 1.54) is 70.6 Å². The molecule has 0 aromatic heterocycles. The van der Waals surface area contributed by atoms with Crippen LogP contribution in [0.5, 0.6) is 0 Å². The minimum Gasteiger partial charge on any atom is -0.311 e. The Morgan fingerprint density at radius 2 is 1.53 bits per heavy atom. The standard InChI is InChI=1S/C16H29N/c1-13-5-7-14(8-6-13)17-15-9-12-16(15)10-3-2-4-11-16/h13-15,17H,2-12H2,1H3. The van der Waals surface area contributed by atoms with Gasteiger partial charge in [0.2, 0.25) is 0 Å². The van der Waals surface area contributed by atoms with Gasteiger partial charge < -0.3 is 5.32 Å². The van der Waals surface area contributed by atoms with Crippen molar-refractivity contribution in [1.82, 2.24) is 5.32 Å². The molecule has 0 radical (unpaired) electrons. The van der Waals surface area contributed by atoms with Crippen LogP contribution in [0.2, 0.25) is 0 Å². The molecule has 0 amide bonds. The largest absolute Gasteiger partial charge is 0.311 e. The van der Waals surface area contributed by atoms with Gasteiger partial charge in [0.1, 0.15) is 0 Å². The number of hydrogen-bond acceptors (Lipinski definition) is 1. The Kier molecular flexibility index (Phi) is 3.47. The lowest BCUT2D eigenvalue weighted by atomic mass is 9.57. The third-order valence-corrected chi connectivity index (χ3v) is 5.97. The van der Waals surface area contributed by atoms with Gasteiger partial charge in [0.25, 0.3) is 0 Å². The highest BCUT2D eigenvalue weighted by Gasteiger charge is 2.47. The Morgan fingerprint density at radius 1 is 0.824 bits per heavy atom. The molecule has 3 fully saturated rings. The Balaban J connectivity index is 1.51. The zero-order valence-corrected chi connectivity index (χ0v) is 11.5. The van der Waals surface area contributed by atoms with E-state index < -0.39 is 0 Å². The predicted octanol–water partition coefficient (Wildman–Crippen LogP) is 4.27. The SMILES string of the molecule is CC1CCC(NC2CCC23CCCCC3)CC1. The Morgan fingerprint density at radius 3 is 2.12 bits per heavy atom. The van der Waals surface area contributed by atoms with Crippen molar-refractivity contribution in [3.63, 3.8) is 0 Å². The molecular weight excluding hydrogens is 206 g/mol. The van der Waals surface area contributed by atoms with Crippen LogP contribution in [0.4, 0.5) is 0 Å². The first-order valence-electron chi connectivity index (χ1n) is 8.05. The van der Waals surface area contributed by atoms with Crippen LogP contribution in [-0.2, 0) is 0 Å². The third kappa shape index (κ3) is 2.41. The summed E-state index contributed by atoms with van der Waals surface area (Å²) in [6.45, 7) is 2.42. The number of rotatable bonds is 2. The quantitative estimate of drug-likeness (QED) is 0.754. The normalized spacial score (nSPS) is 41.1. The van der Waals surface area contributed by atoms with Gasteiger partial charge in [0.15, 0.2) is 0 Å². The molecule has 0 saturated heterocycles. The molecule has 0 heterocycles. The zero-order chi connectivity index (χ0) is 11.7. The minimum atomic E-state index is 0.751. The molecule has 1 heteroatoms. The van der Waals surface area contributed by atoms with Crippen molar-refractivity contribution < 1.29 is 0 Å². The molecule has 1 spiro atoms. The van der Waals surface area contributed by atoms with Crippen LogP contribution in [0.15, 0.2) is 0 Å². The summed E-state index contributed by atoms with van der Waals surface area (Å²) >= 11 is 0. The van der Waals surface area contributed by atoms with Crippen molar-refractivity contribution in [1.29, 1.82) is 0 Å². The fourth-order valence-electron chi connectivity index (χ4n) is 4.52. The molecule has 98 valence electrons. The first-order valence-corrected chi connectivity index (χ1v) is 8.05. The molecule has 1 nitrogen and oxygen atoms in total. The smallest absolute Gasteiger partial charge is 0.0126 e. The van der Waals surface area contributed by atoms with Gasteiger partial charge in [0, 0.05) is 12.1 Å². The van der Waals surface area contributed by atoms with Crippen molar-refractivity contribution in [3.8, 4) is 0 Å². The van der Waals surface area contributed by atoms with E-state index in [1.807, 2.05) is 0 Å². The van der Waals surface area contributed by atoms with Gasteiger partial charge in [-0.3, -0.25) is 0 Å². The van der Waals surface area contributed by atoms with E-state index in [9.17, 15) is 0 Å². The molecule has 1 N–H and O–H groups in total. The maximum absolute atomic E-state index is 4.04. The van der Waals surface area contributed by atoms with Gasteiger partial charge in [-0.15, -0.1) is 0 Å². The average molecular weight is 235 g/mol. The van der Waals surface area contributed by atoms with Gasteiger partial charge in [0.05, 0.1) is 0 Å². The fourth-order valence-corrected chi connectivity index (χ4v) is 4.52. The summed E-state index contributed by atoms with van der Waals surface area (Å²) in [6, 6.07) is 1.75. The average Bonchev–Trinajstić information content (AvgIpc) is 2.38. The molecule has 3 saturated carbocycles. The molecule has 0 bridgehead atoms. The Hall–Kier alpha value is -0.0400. The second-order valence-electron chi connectivity index (χ2n) is 7.14. The van der Waals surface area contributed by atoms with Gasteiger partial charge in [-0.05, 0) is 62.7 Å². The monoisotopic (exact) mass is 235 g/mol. The van der Waals surface area contributed by atoms with E-state index >= 15 is 0 Å². The first-order chi connectivity index (χ1) is 8.28. The van der Waals surface area contributed by atoms with Crippen LogP contribution in [0, 0.1) is 11.3 Å². The van der Waals surface area contributed by atoms with E-state index in [0.29, 0.717) is 0 Å². The maximum Gasteiger partial charge on any atom is 0.0126 e. The topological polar surface area (TPSA) is 12.0 Å². The third-order valence-electron chi connectivity index (χ3n) is 5.97. The van der Waals surface area contributed by atoms with E-state index in [1.54, 1.807) is 0 Å². The van der Waals surface area contributed by atoms with Crippen LogP contribution < -0.4 is 5.32 Å². The lowest BCUT2D eigenvalue weighted by molar-refractivity contribution is 0.0126. The number of hydrogen-bond donors (Lipinski definition) is 1. The first kappa shape index (κ1) is 12.0. The predicted molar refractivity (Wildman–Crippen MR) is 73.1 cm³/mol. The van der Waals surface area contributed by atoms with Crippen molar-refractivity contribution >= 4 is 0 Å². The van der Waals surface area contributed by atoms with Crippen LogP contribution in [0.3, 0.4) is 0 Å². The highest BCUT2D eigenvalue weighted by molar-refractivity contribution is 5.02. The summed E-state index contributed by atoms with van der Waals surface area (Å²) in [5.74, 6) is 0.984. The summed E-state index contributed by atoms with van der Waals surface area (Å²) in [6.07, 6.45) is 16.3. The minimum absolute atomic E-state index is 0.751. The van der Waals surface area contributed by atoms with E-state index in [2.05, 4.69) is 12.2 Å². The fraction of sp³-hybridized carbons (Fsp3) is 1.00. The summed E-state index contributed by atoms with van der Waals surface area (Å²) < 4.78 is 0. The van der Waals surface area contributed by atoms with Crippen molar-refractivity contribution in [2.45, 2.75) is 89.6 Å². The van der Waals surface area contributed by atoms with E-state index in [4.69, 9.17) is 0 Å². The molecule has 0 aromatic rings. The molecule has 0 aliphatic heterocycles. The Bertz CT molecular complexity index is 246. The maximum atomic E-state index is 4.04. The summed E-state index contributed by atoms with van der Waals surface area (Å²) in [7, 11) is 0. The summed E-state index contributed by atoms with van der Waals surface area (Å²) in [4.78, 5) is 0. The van der Waals surface area contributed by atoms with Gasteiger partial charge in [-0.2, -0.15) is 0 Å². The van der Waals surface area contributed by atoms with Gasteiger partial charge in [-0.25, -0.2) is 0 Å². The van der Waals surface area contributed by atoms with Gasteiger partial charge >= 0.3 is 0 Å². The lowest BCUT2D eigenvalue weighted by Crippen LogP contribution is -2.57. The molecule has 3 rings (SSSR count). The van der Waals surface area contributed by atoms with Crippen LogP contribution in [-0.4, -0.2) is 12.1 Å². The van der Waals surface area contributed by atoms with E-state index in [-0.39, 0.29) is 0 Å². The van der Waals surface area contributed by atoms with Crippen LogP contribution in [0.25, 0.3) is 0 Å². The molecular formula is C16H29N. The summed E-state index contributed by atoms with van der Waals surface area (Å²) in [5, 5.41) is 4.04. The van der Waals surface area contributed by atoms with Crippen molar-refractivity contribution in [3.05, 3.63) is 0 Å². The van der Waals surface area contributed by atoms with Crippen LogP contribution >= 0.6 is 0 Å². The van der Waals surface area contributed by atoms with Crippen molar-refractivity contribution in [2.24, 2.45) is 11.3 Å². The second kappa shape index (κ2) is 4.91.